The summed E-state index contributed by atoms with van der Waals surface area (Å²) in [5.41, 5.74) is 4.15. The Kier molecular flexibility index (Phi) is 8.27. The van der Waals surface area contributed by atoms with Gasteiger partial charge in [0.25, 0.3) is 0 Å². The van der Waals surface area contributed by atoms with Crippen LogP contribution in [0.3, 0.4) is 0 Å². The first-order chi connectivity index (χ1) is 9.56. The third-order valence-corrected chi connectivity index (χ3v) is 4.16. The van der Waals surface area contributed by atoms with Crippen LogP contribution in [0.25, 0.3) is 0 Å². The van der Waals surface area contributed by atoms with Crippen LogP contribution in [0, 0.1) is 13.8 Å². The standard InChI is InChI=1S/C17H30N2S/c1-6-18-17(7-8-19(4)9-10-20-5)16-12-14(2)11-15(3)13-16/h11-13,17-18H,6-10H2,1-5H3. The maximum Gasteiger partial charge on any atom is 0.0332 e. The van der Waals surface area contributed by atoms with Gasteiger partial charge in [0, 0.05) is 18.3 Å². The van der Waals surface area contributed by atoms with Crippen molar-refractivity contribution in [3.63, 3.8) is 0 Å². The van der Waals surface area contributed by atoms with E-state index in [4.69, 9.17) is 0 Å². The van der Waals surface area contributed by atoms with Crippen LogP contribution >= 0.6 is 11.8 Å². The summed E-state index contributed by atoms with van der Waals surface area (Å²) < 4.78 is 0. The molecule has 0 aliphatic rings. The summed E-state index contributed by atoms with van der Waals surface area (Å²) in [6, 6.07) is 7.36. The predicted octanol–water partition coefficient (Wildman–Crippen LogP) is 3.64. The minimum absolute atomic E-state index is 0.468. The van der Waals surface area contributed by atoms with Crippen LogP contribution in [0.4, 0.5) is 0 Å². The van der Waals surface area contributed by atoms with Gasteiger partial charge in [-0.05, 0) is 52.2 Å². The maximum absolute atomic E-state index is 3.63. The molecular formula is C17H30N2S. The lowest BCUT2D eigenvalue weighted by Crippen LogP contribution is -2.28. The molecule has 0 aromatic heterocycles. The Morgan fingerprint density at radius 2 is 1.80 bits per heavy atom. The number of benzene rings is 1. The fourth-order valence-electron chi connectivity index (χ4n) is 2.55. The summed E-state index contributed by atoms with van der Waals surface area (Å²) in [6.07, 6.45) is 3.34. The Hall–Kier alpha value is -0.510. The summed E-state index contributed by atoms with van der Waals surface area (Å²) in [5, 5.41) is 3.63. The summed E-state index contributed by atoms with van der Waals surface area (Å²) in [7, 11) is 2.22. The molecule has 0 spiro atoms. The molecule has 0 bridgehead atoms. The second kappa shape index (κ2) is 9.43. The van der Waals surface area contributed by atoms with E-state index in [9.17, 15) is 0 Å². The van der Waals surface area contributed by atoms with Crippen LogP contribution < -0.4 is 5.32 Å². The summed E-state index contributed by atoms with van der Waals surface area (Å²) in [6.45, 7) is 9.89. The highest BCUT2D eigenvalue weighted by Gasteiger charge is 2.12. The highest BCUT2D eigenvalue weighted by atomic mass is 32.2. The lowest BCUT2D eigenvalue weighted by molar-refractivity contribution is 0.325. The first kappa shape index (κ1) is 17.5. The molecule has 114 valence electrons. The van der Waals surface area contributed by atoms with Crippen LogP contribution in [0.1, 0.15) is 36.1 Å². The van der Waals surface area contributed by atoms with Gasteiger partial charge in [0.2, 0.25) is 0 Å². The quantitative estimate of drug-likeness (QED) is 0.748. The van der Waals surface area contributed by atoms with E-state index in [2.05, 4.69) is 62.5 Å². The molecule has 1 aromatic carbocycles. The van der Waals surface area contributed by atoms with Gasteiger partial charge in [0.05, 0.1) is 0 Å². The van der Waals surface area contributed by atoms with Gasteiger partial charge in [-0.25, -0.2) is 0 Å². The van der Waals surface area contributed by atoms with Gasteiger partial charge in [-0.2, -0.15) is 11.8 Å². The van der Waals surface area contributed by atoms with E-state index in [0.717, 1.165) is 13.1 Å². The Balaban J connectivity index is 2.63. The molecule has 1 unspecified atom stereocenters. The molecule has 1 rings (SSSR count). The minimum Gasteiger partial charge on any atom is -0.310 e. The normalized spacial score (nSPS) is 12.9. The average Bonchev–Trinajstić information content (AvgIpc) is 2.40. The second-order valence-electron chi connectivity index (χ2n) is 5.62. The minimum atomic E-state index is 0.468. The zero-order valence-corrected chi connectivity index (χ0v) is 14.5. The van der Waals surface area contributed by atoms with Gasteiger partial charge in [0.1, 0.15) is 0 Å². The molecule has 3 heteroatoms. The fourth-order valence-corrected chi connectivity index (χ4v) is 3.05. The molecule has 0 aliphatic heterocycles. The Morgan fingerprint density at radius 3 is 2.35 bits per heavy atom. The van der Waals surface area contributed by atoms with Crippen molar-refractivity contribution in [2.75, 3.05) is 38.7 Å². The zero-order chi connectivity index (χ0) is 15.0. The van der Waals surface area contributed by atoms with Crippen molar-refractivity contribution in [2.24, 2.45) is 0 Å². The highest BCUT2D eigenvalue weighted by Crippen LogP contribution is 2.20. The number of nitrogens with one attached hydrogen (secondary N) is 1. The largest absolute Gasteiger partial charge is 0.310 e. The summed E-state index contributed by atoms with van der Waals surface area (Å²) in [5.74, 6) is 1.21. The van der Waals surface area contributed by atoms with E-state index in [-0.39, 0.29) is 0 Å². The monoisotopic (exact) mass is 294 g/mol. The number of thioether (sulfide) groups is 1. The zero-order valence-electron chi connectivity index (χ0n) is 13.7. The Bertz CT molecular complexity index is 372. The van der Waals surface area contributed by atoms with E-state index in [1.165, 1.54) is 35.4 Å². The van der Waals surface area contributed by atoms with Crippen molar-refractivity contribution >= 4 is 11.8 Å². The van der Waals surface area contributed by atoms with Crippen LogP contribution in [-0.2, 0) is 0 Å². The van der Waals surface area contributed by atoms with Crippen molar-refractivity contribution in [1.82, 2.24) is 10.2 Å². The fraction of sp³-hybridized carbons (Fsp3) is 0.647. The summed E-state index contributed by atoms with van der Waals surface area (Å²) >= 11 is 1.92. The number of nitrogens with zero attached hydrogens (tertiary/aromatic N) is 1. The Morgan fingerprint density at radius 1 is 1.15 bits per heavy atom. The SMILES string of the molecule is CCNC(CCN(C)CCSC)c1cc(C)cc(C)c1. The highest BCUT2D eigenvalue weighted by molar-refractivity contribution is 7.98. The molecule has 1 atom stereocenters. The number of hydrogen-bond acceptors (Lipinski definition) is 3. The van der Waals surface area contributed by atoms with Crippen LogP contribution in [-0.4, -0.2) is 43.6 Å². The number of hydrogen-bond donors (Lipinski definition) is 1. The number of aryl methyl sites for hydroxylation is 2. The maximum atomic E-state index is 3.63. The van der Waals surface area contributed by atoms with Gasteiger partial charge in [0.15, 0.2) is 0 Å². The predicted molar refractivity (Wildman–Crippen MR) is 92.8 cm³/mol. The second-order valence-corrected chi connectivity index (χ2v) is 6.60. The average molecular weight is 295 g/mol. The molecular weight excluding hydrogens is 264 g/mol. The molecule has 1 aromatic rings. The van der Waals surface area contributed by atoms with E-state index < -0.39 is 0 Å². The van der Waals surface area contributed by atoms with Crippen LogP contribution in [0.2, 0.25) is 0 Å². The molecule has 20 heavy (non-hydrogen) atoms. The Labute approximate surface area is 129 Å². The lowest BCUT2D eigenvalue weighted by atomic mass is 9.99. The van der Waals surface area contributed by atoms with Crippen molar-refractivity contribution in [1.29, 1.82) is 0 Å². The van der Waals surface area contributed by atoms with Crippen LogP contribution in [0.5, 0.6) is 0 Å². The first-order valence-electron chi connectivity index (χ1n) is 7.55. The molecule has 2 nitrogen and oxygen atoms in total. The molecule has 0 aliphatic carbocycles. The lowest BCUT2D eigenvalue weighted by Gasteiger charge is -2.23. The van der Waals surface area contributed by atoms with E-state index in [1.807, 2.05) is 11.8 Å². The van der Waals surface area contributed by atoms with Gasteiger partial charge >= 0.3 is 0 Å². The molecule has 0 saturated carbocycles. The molecule has 0 fully saturated rings. The van der Waals surface area contributed by atoms with E-state index in [0.29, 0.717) is 6.04 Å². The van der Waals surface area contributed by atoms with Gasteiger partial charge in [-0.15, -0.1) is 0 Å². The molecule has 0 saturated heterocycles. The topological polar surface area (TPSA) is 15.3 Å². The summed E-state index contributed by atoms with van der Waals surface area (Å²) in [4.78, 5) is 2.43. The molecule has 0 amide bonds. The van der Waals surface area contributed by atoms with Gasteiger partial charge in [-0.1, -0.05) is 36.2 Å². The third kappa shape index (κ3) is 6.29. The first-order valence-corrected chi connectivity index (χ1v) is 8.95. The van der Waals surface area contributed by atoms with Gasteiger partial charge in [-0.3, -0.25) is 0 Å². The van der Waals surface area contributed by atoms with Gasteiger partial charge < -0.3 is 10.2 Å². The van der Waals surface area contributed by atoms with Crippen LogP contribution in [0.15, 0.2) is 18.2 Å². The van der Waals surface area contributed by atoms with E-state index >= 15 is 0 Å². The molecule has 0 radical (unpaired) electrons. The van der Waals surface area contributed by atoms with Crippen molar-refractivity contribution in [3.05, 3.63) is 34.9 Å². The molecule has 0 heterocycles. The van der Waals surface area contributed by atoms with Crippen molar-refractivity contribution in [3.8, 4) is 0 Å². The number of rotatable bonds is 9. The van der Waals surface area contributed by atoms with Crippen molar-refractivity contribution < 1.29 is 0 Å². The van der Waals surface area contributed by atoms with E-state index in [1.54, 1.807) is 0 Å². The smallest absolute Gasteiger partial charge is 0.0332 e. The molecule has 1 N–H and O–H groups in total. The third-order valence-electron chi connectivity index (χ3n) is 3.57. The van der Waals surface area contributed by atoms with Crippen molar-refractivity contribution in [2.45, 2.75) is 33.2 Å².